The number of amides is 1. The highest BCUT2D eigenvalue weighted by Gasteiger charge is 2.21. The highest BCUT2D eigenvalue weighted by molar-refractivity contribution is 6.30. The predicted molar refractivity (Wildman–Crippen MR) is 104 cm³/mol. The van der Waals surface area contributed by atoms with Crippen molar-refractivity contribution in [1.82, 2.24) is 4.90 Å². The van der Waals surface area contributed by atoms with Crippen LogP contribution in [0.5, 0.6) is 0 Å². The van der Waals surface area contributed by atoms with Gasteiger partial charge in [0.05, 0.1) is 0 Å². The van der Waals surface area contributed by atoms with E-state index in [0.29, 0.717) is 31.1 Å². The number of aryl methyl sites for hydroxylation is 1. The first-order valence-electron chi connectivity index (χ1n) is 8.81. The molecule has 6 heteroatoms. The molecule has 2 aromatic carbocycles. The maximum absolute atomic E-state index is 13.0. The summed E-state index contributed by atoms with van der Waals surface area (Å²) < 4.78 is 13.0. The zero-order chi connectivity index (χ0) is 18.5. The first kappa shape index (κ1) is 18.5. The highest BCUT2D eigenvalue weighted by Crippen LogP contribution is 2.20. The van der Waals surface area contributed by atoms with Crippen LogP contribution < -0.4 is 10.2 Å². The van der Waals surface area contributed by atoms with Gasteiger partial charge in [-0.05, 0) is 48.9 Å². The van der Waals surface area contributed by atoms with Crippen LogP contribution >= 0.6 is 11.6 Å². The van der Waals surface area contributed by atoms with Crippen LogP contribution in [0.1, 0.15) is 12.0 Å². The van der Waals surface area contributed by atoms with Crippen LogP contribution in [0, 0.1) is 12.7 Å². The largest absolute Gasteiger partial charge is 0.384 e. The molecule has 4 nitrogen and oxygen atoms in total. The minimum Gasteiger partial charge on any atom is -0.384 e. The van der Waals surface area contributed by atoms with Gasteiger partial charge in [0.1, 0.15) is 5.82 Å². The summed E-state index contributed by atoms with van der Waals surface area (Å²) in [7, 11) is 0. The Labute approximate surface area is 158 Å². The molecule has 0 bridgehead atoms. The van der Waals surface area contributed by atoms with E-state index in [-0.39, 0.29) is 11.7 Å². The molecule has 0 unspecified atom stereocenters. The summed E-state index contributed by atoms with van der Waals surface area (Å²) in [5.41, 5.74) is 3.07. The van der Waals surface area contributed by atoms with Gasteiger partial charge in [0, 0.05) is 55.5 Å². The molecule has 0 aromatic heterocycles. The van der Waals surface area contributed by atoms with E-state index >= 15 is 0 Å². The number of rotatable bonds is 5. The molecule has 0 aliphatic carbocycles. The number of nitrogens with one attached hydrogen (secondary N) is 1. The fourth-order valence-corrected chi connectivity index (χ4v) is 3.28. The molecule has 1 saturated heterocycles. The molecule has 1 aliphatic heterocycles. The lowest BCUT2D eigenvalue weighted by atomic mass is 10.2. The van der Waals surface area contributed by atoms with Crippen LogP contribution in [-0.4, -0.2) is 43.5 Å². The number of anilines is 2. The molecule has 1 aliphatic rings. The highest BCUT2D eigenvalue weighted by atomic mass is 35.5. The third-order valence-corrected chi connectivity index (χ3v) is 4.91. The molecular formula is C20H23ClFN3O. The summed E-state index contributed by atoms with van der Waals surface area (Å²) in [6.07, 6.45) is 0.447. The molecule has 0 radical (unpaired) electrons. The molecule has 26 heavy (non-hydrogen) atoms. The summed E-state index contributed by atoms with van der Waals surface area (Å²) in [5.74, 6) is -0.0825. The summed E-state index contributed by atoms with van der Waals surface area (Å²) >= 11 is 6.01. The van der Waals surface area contributed by atoms with Gasteiger partial charge >= 0.3 is 0 Å². The van der Waals surface area contributed by atoms with Gasteiger partial charge in [-0.2, -0.15) is 0 Å². The molecule has 1 fully saturated rings. The number of halogens is 2. The van der Waals surface area contributed by atoms with Gasteiger partial charge in [-0.1, -0.05) is 17.7 Å². The van der Waals surface area contributed by atoms with E-state index < -0.39 is 0 Å². The number of benzene rings is 2. The lowest BCUT2D eigenvalue weighted by Crippen LogP contribution is -2.49. The average molecular weight is 376 g/mol. The summed E-state index contributed by atoms with van der Waals surface area (Å²) in [4.78, 5) is 16.5. The van der Waals surface area contributed by atoms with Crippen LogP contribution in [0.15, 0.2) is 42.5 Å². The molecule has 0 atom stereocenters. The predicted octanol–water partition coefficient (Wildman–Crippen LogP) is 3.94. The molecule has 138 valence electrons. The molecule has 3 rings (SSSR count). The lowest BCUT2D eigenvalue weighted by molar-refractivity contribution is -0.131. The lowest BCUT2D eigenvalue weighted by Gasteiger charge is -2.36. The first-order chi connectivity index (χ1) is 12.5. The Hall–Kier alpha value is -2.27. The summed E-state index contributed by atoms with van der Waals surface area (Å²) in [6.45, 7) is 5.49. The van der Waals surface area contributed by atoms with Crippen molar-refractivity contribution in [2.75, 3.05) is 42.9 Å². The van der Waals surface area contributed by atoms with Crippen molar-refractivity contribution >= 4 is 28.9 Å². The van der Waals surface area contributed by atoms with Crippen molar-refractivity contribution in [1.29, 1.82) is 0 Å². The van der Waals surface area contributed by atoms with Gasteiger partial charge in [-0.25, -0.2) is 4.39 Å². The minimum atomic E-state index is -0.231. The number of carbonyl (C=O) groups excluding carboxylic acids is 1. The van der Waals surface area contributed by atoms with Gasteiger partial charge in [-0.15, -0.1) is 0 Å². The second-order valence-electron chi connectivity index (χ2n) is 6.48. The van der Waals surface area contributed by atoms with E-state index in [9.17, 15) is 9.18 Å². The molecule has 1 N–H and O–H groups in total. The van der Waals surface area contributed by atoms with Crippen molar-refractivity contribution in [2.45, 2.75) is 13.3 Å². The maximum Gasteiger partial charge on any atom is 0.224 e. The van der Waals surface area contributed by atoms with E-state index in [2.05, 4.69) is 10.2 Å². The number of nitrogens with zero attached hydrogens (tertiary/aromatic N) is 2. The van der Waals surface area contributed by atoms with E-state index in [1.807, 2.05) is 30.0 Å². The third-order valence-electron chi connectivity index (χ3n) is 4.68. The molecule has 0 spiro atoms. The maximum atomic E-state index is 13.0. The van der Waals surface area contributed by atoms with Gasteiger partial charge in [0.2, 0.25) is 5.91 Å². The summed E-state index contributed by atoms with van der Waals surface area (Å²) in [6, 6.07) is 12.2. The molecule has 1 amide bonds. The molecular weight excluding hydrogens is 353 g/mol. The quantitative estimate of drug-likeness (QED) is 0.859. The SMILES string of the molecule is Cc1ccc(Cl)cc1NCCC(=O)N1CCN(c2ccc(F)cc2)CC1. The van der Waals surface area contributed by atoms with Crippen molar-refractivity contribution in [3.63, 3.8) is 0 Å². The standard InChI is InChI=1S/C20H23ClFN3O/c1-15-2-3-16(21)14-19(15)23-9-8-20(26)25-12-10-24(11-13-25)18-6-4-17(22)5-7-18/h2-7,14,23H,8-13H2,1H3. The Balaban J connectivity index is 1.45. The normalized spacial score (nSPS) is 14.4. The smallest absolute Gasteiger partial charge is 0.224 e. The van der Waals surface area contributed by atoms with Gasteiger partial charge < -0.3 is 15.1 Å². The number of hydrogen-bond acceptors (Lipinski definition) is 3. The monoisotopic (exact) mass is 375 g/mol. The second-order valence-corrected chi connectivity index (χ2v) is 6.92. The molecule has 0 saturated carbocycles. The Morgan fingerprint density at radius 2 is 1.81 bits per heavy atom. The Morgan fingerprint density at radius 3 is 2.50 bits per heavy atom. The van der Waals surface area contributed by atoms with Crippen molar-refractivity contribution in [3.8, 4) is 0 Å². The van der Waals surface area contributed by atoms with Crippen molar-refractivity contribution in [3.05, 3.63) is 58.9 Å². The minimum absolute atomic E-state index is 0.149. The van der Waals surface area contributed by atoms with Gasteiger partial charge in [0.25, 0.3) is 0 Å². The zero-order valence-electron chi connectivity index (χ0n) is 14.8. The number of piperazine rings is 1. The second kappa shape index (κ2) is 8.41. The van der Waals surface area contributed by atoms with E-state index in [1.54, 1.807) is 12.1 Å². The van der Waals surface area contributed by atoms with Crippen LogP contribution in [0.4, 0.5) is 15.8 Å². The van der Waals surface area contributed by atoms with Crippen molar-refractivity contribution < 1.29 is 9.18 Å². The Kier molecular flexibility index (Phi) is 5.99. The van der Waals surface area contributed by atoms with Gasteiger partial charge in [-0.3, -0.25) is 4.79 Å². The van der Waals surface area contributed by atoms with Gasteiger partial charge in [0.15, 0.2) is 0 Å². The third kappa shape index (κ3) is 4.67. The fourth-order valence-electron chi connectivity index (χ4n) is 3.11. The van der Waals surface area contributed by atoms with Crippen molar-refractivity contribution in [2.24, 2.45) is 0 Å². The van der Waals surface area contributed by atoms with E-state index in [0.717, 1.165) is 30.0 Å². The number of carbonyl (C=O) groups is 1. The Bertz CT molecular complexity index is 758. The summed E-state index contributed by atoms with van der Waals surface area (Å²) in [5, 5.41) is 3.97. The van der Waals surface area contributed by atoms with Crippen LogP contribution in [0.25, 0.3) is 0 Å². The first-order valence-corrected chi connectivity index (χ1v) is 9.19. The Morgan fingerprint density at radius 1 is 1.12 bits per heavy atom. The van der Waals surface area contributed by atoms with Crippen LogP contribution in [0.2, 0.25) is 5.02 Å². The topological polar surface area (TPSA) is 35.6 Å². The van der Waals surface area contributed by atoms with E-state index in [4.69, 9.17) is 11.6 Å². The fraction of sp³-hybridized carbons (Fsp3) is 0.350. The van der Waals surface area contributed by atoms with Crippen LogP contribution in [-0.2, 0) is 4.79 Å². The molecule has 2 aromatic rings. The number of hydrogen-bond donors (Lipinski definition) is 1. The van der Waals surface area contributed by atoms with Crippen LogP contribution in [0.3, 0.4) is 0 Å². The molecule has 1 heterocycles. The average Bonchev–Trinajstić information content (AvgIpc) is 2.65. The zero-order valence-corrected chi connectivity index (χ0v) is 15.6. The van der Waals surface area contributed by atoms with E-state index in [1.165, 1.54) is 12.1 Å².